The Balaban J connectivity index is 1.68. The van der Waals surface area contributed by atoms with E-state index in [1.54, 1.807) is 0 Å². The van der Waals surface area contributed by atoms with Crippen LogP contribution in [0, 0.1) is 5.92 Å². The van der Waals surface area contributed by atoms with Crippen LogP contribution in [0.25, 0.3) is 0 Å². The maximum absolute atomic E-state index is 12.9. The molecule has 3 nitrogen and oxygen atoms in total. The molecule has 1 aliphatic rings. The Labute approximate surface area is 148 Å². The standard InChI is InChI=1S/C20H23ClN2O/c21-17-9-4-8-16(12-17)18-13-19(18)20(24)23(11-5-10-22)14-15-6-2-1-3-7-15/h1-4,6-9,12,18-19H,5,10-11,13-14,22H2. The Morgan fingerprint density at radius 1 is 1.17 bits per heavy atom. The highest BCUT2D eigenvalue weighted by atomic mass is 35.5. The summed E-state index contributed by atoms with van der Waals surface area (Å²) in [6, 6.07) is 18.0. The lowest BCUT2D eigenvalue weighted by Gasteiger charge is -2.23. The minimum atomic E-state index is 0.0740. The van der Waals surface area contributed by atoms with E-state index in [1.807, 2.05) is 41.3 Å². The van der Waals surface area contributed by atoms with E-state index >= 15 is 0 Å². The summed E-state index contributed by atoms with van der Waals surface area (Å²) in [7, 11) is 0. The monoisotopic (exact) mass is 342 g/mol. The molecule has 0 bridgehead atoms. The maximum atomic E-state index is 12.9. The van der Waals surface area contributed by atoms with Crippen molar-refractivity contribution in [3.05, 3.63) is 70.7 Å². The Morgan fingerprint density at radius 3 is 2.67 bits per heavy atom. The molecule has 2 aromatic carbocycles. The van der Waals surface area contributed by atoms with E-state index in [-0.39, 0.29) is 11.8 Å². The van der Waals surface area contributed by atoms with Crippen LogP contribution in [0.15, 0.2) is 54.6 Å². The Morgan fingerprint density at radius 2 is 1.96 bits per heavy atom. The van der Waals surface area contributed by atoms with Gasteiger partial charge in [0.2, 0.25) is 5.91 Å². The van der Waals surface area contributed by atoms with Crippen LogP contribution < -0.4 is 5.73 Å². The number of halogens is 1. The van der Waals surface area contributed by atoms with Crippen molar-refractivity contribution in [1.29, 1.82) is 0 Å². The van der Waals surface area contributed by atoms with Crippen LogP contribution in [-0.2, 0) is 11.3 Å². The summed E-state index contributed by atoms with van der Waals surface area (Å²) in [6.07, 6.45) is 1.74. The van der Waals surface area contributed by atoms with Crippen molar-refractivity contribution in [2.24, 2.45) is 11.7 Å². The quantitative estimate of drug-likeness (QED) is 0.831. The molecular weight excluding hydrogens is 320 g/mol. The fourth-order valence-corrected chi connectivity index (χ4v) is 3.36. The highest BCUT2D eigenvalue weighted by molar-refractivity contribution is 6.30. The van der Waals surface area contributed by atoms with Crippen LogP contribution in [0.1, 0.15) is 29.9 Å². The molecular formula is C20H23ClN2O. The van der Waals surface area contributed by atoms with Crippen LogP contribution in [-0.4, -0.2) is 23.9 Å². The summed E-state index contributed by atoms with van der Waals surface area (Å²) < 4.78 is 0. The highest BCUT2D eigenvalue weighted by Gasteiger charge is 2.45. The normalized spacial score (nSPS) is 19.1. The first-order valence-corrected chi connectivity index (χ1v) is 8.85. The molecule has 2 aromatic rings. The summed E-state index contributed by atoms with van der Waals surface area (Å²) in [4.78, 5) is 14.9. The zero-order chi connectivity index (χ0) is 16.9. The molecule has 2 unspecified atom stereocenters. The van der Waals surface area contributed by atoms with Gasteiger partial charge >= 0.3 is 0 Å². The van der Waals surface area contributed by atoms with Crippen molar-refractivity contribution in [3.8, 4) is 0 Å². The van der Waals surface area contributed by atoms with E-state index in [0.717, 1.165) is 23.4 Å². The fourth-order valence-electron chi connectivity index (χ4n) is 3.16. The van der Waals surface area contributed by atoms with Crippen LogP contribution in [0.4, 0.5) is 0 Å². The Bertz CT molecular complexity index is 689. The number of nitrogens with two attached hydrogens (primary N) is 1. The molecule has 1 amide bonds. The summed E-state index contributed by atoms with van der Waals surface area (Å²) in [5.74, 6) is 0.606. The van der Waals surface area contributed by atoms with Crippen molar-refractivity contribution in [3.63, 3.8) is 0 Å². The van der Waals surface area contributed by atoms with E-state index < -0.39 is 0 Å². The summed E-state index contributed by atoms with van der Waals surface area (Å²) in [5.41, 5.74) is 7.97. The zero-order valence-corrected chi connectivity index (χ0v) is 14.5. The molecule has 1 fully saturated rings. The van der Waals surface area contributed by atoms with Crippen LogP contribution in [0.3, 0.4) is 0 Å². The minimum absolute atomic E-state index is 0.0740. The lowest BCUT2D eigenvalue weighted by atomic mass is 10.1. The van der Waals surface area contributed by atoms with Gasteiger partial charge < -0.3 is 10.6 Å². The molecule has 0 radical (unpaired) electrons. The van der Waals surface area contributed by atoms with Gasteiger partial charge in [0.05, 0.1) is 0 Å². The third-order valence-electron chi connectivity index (χ3n) is 4.54. The average molecular weight is 343 g/mol. The first-order chi connectivity index (χ1) is 11.7. The largest absolute Gasteiger partial charge is 0.338 e. The second kappa shape index (κ2) is 7.82. The number of carbonyl (C=O) groups excluding carboxylic acids is 1. The zero-order valence-electron chi connectivity index (χ0n) is 13.7. The lowest BCUT2D eigenvalue weighted by Crippen LogP contribution is -2.34. The summed E-state index contributed by atoms with van der Waals surface area (Å²) in [6.45, 7) is 1.96. The molecule has 0 aromatic heterocycles. The second-order valence-corrected chi connectivity index (χ2v) is 6.83. The van der Waals surface area contributed by atoms with Gasteiger partial charge in [0.15, 0.2) is 0 Å². The van der Waals surface area contributed by atoms with Crippen molar-refractivity contribution in [2.45, 2.75) is 25.3 Å². The first kappa shape index (κ1) is 17.0. The Hall–Kier alpha value is -1.84. The summed E-state index contributed by atoms with van der Waals surface area (Å²) in [5, 5.41) is 0.731. The molecule has 0 heterocycles. The number of rotatable bonds is 7. The maximum Gasteiger partial charge on any atom is 0.226 e. The number of hydrogen-bond acceptors (Lipinski definition) is 2. The molecule has 24 heavy (non-hydrogen) atoms. The van der Waals surface area contributed by atoms with Gasteiger partial charge in [-0.3, -0.25) is 4.79 Å². The van der Waals surface area contributed by atoms with Gasteiger partial charge in [0.1, 0.15) is 0 Å². The van der Waals surface area contributed by atoms with E-state index in [2.05, 4.69) is 18.2 Å². The number of carbonyl (C=O) groups is 1. The van der Waals surface area contributed by atoms with E-state index in [1.165, 1.54) is 5.56 Å². The number of amides is 1. The molecule has 3 rings (SSSR count). The third kappa shape index (κ3) is 4.16. The highest BCUT2D eigenvalue weighted by Crippen LogP contribution is 2.49. The molecule has 0 saturated heterocycles. The van der Waals surface area contributed by atoms with Crippen LogP contribution >= 0.6 is 11.6 Å². The topological polar surface area (TPSA) is 46.3 Å². The van der Waals surface area contributed by atoms with Gasteiger partial charge in [0.25, 0.3) is 0 Å². The molecule has 4 heteroatoms. The van der Waals surface area contributed by atoms with Crippen molar-refractivity contribution in [1.82, 2.24) is 4.90 Å². The van der Waals surface area contributed by atoms with Crippen molar-refractivity contribution in [2.75, 3.05) is 13.1 Å². The van der Waals surface area contributed by atoms with E-state index in [9.17, 15) is 4.79 Å². The fraction of sp³-hybridized carbons (Fsp3) is 0.350. The van der Waals surface area contributed by atoms with Gasteiger partial charge in [-0.15, -0.1) is 0 Å². The average Bonchev–Trinajstić information content (AvgIpc) is 3.39. The van der Waals surface area contributed by atoms with Gasteiger partial charge in [-0.2, -0.15) is 0 Å². The third-order valence-corrected chi connectivity index (χ3v) is 4.78. The van der Waals surface area contributed by atoms with E-state index in [4.69, 9.17) is 17.3 Å². The predicted octanol–water partition coefficient (Wildman–Crippen LogP) is 3.82. The molecule has 0 spiro atoms. The Kier molecular flexibility index (Phi) is 5.54. The molecule has 2 atom stereocenters. The van der Waals surface area contributed by atoms with Gasteiger partial charge in [-0.05, 0) is 48.6 Å². The number of benzene rings is 2. The van der Waals surface area contributed by atoms with Crippen LogP contribution in [0.2, 0.25) is 5.02 Å². The smallest absolute Gasteiger partial charge is 0.226 e. The minimum Gasteiger partial charge on any atom is -0.338 e. The van der Waals surface area contributed by atoms with Crippen molar-refractivity contribution >= 4 is 17.5 Å². The van der Waals surface area contributed by atoms with Gasteiger partial charge in [-0.25, -0.2) is 0 Å². The number of nitrogens with zero attached hydrogens (tertiary/aromatic N) is 1. The lowest BCUT2D eigenvalue weighted by molar-refractivity contribution is -0.133. The predicted molar refractivity (Wildman–Crippen MR) is 97.8 cm³/mol. The molecule has 126 valence electrons. The van der Waals surface area contributed by atoms with E-state index in [0.29, 0.717) is 25.6 Å². The molecule has 1 saturated carbocycles. The summed E-state index contributed by atoms with van der Waals surface area (Å²) >= 11 is 6.07. The van der Waals surface area contributed by atoms with Gasteiger partial charge in [-0.1, -0.05) is 54.1 Å². The molecule has 0 aliphatic heterocycles. The van der Waals surface area contributed by atoms with Gasteiger partial charge in [0, 0.05) is 24.0 Å². The second-order valence-electron chi connectivity index (χ2n) is 6.39. The molecule has 1 aliphatic carbocycles. The van der Waals surface area contributed by atoms with Crippen LogP contribution in [0.5, 0.6) is 0 Å². The molecule has 2 N–H and O–H groups in total. The first-order valence-electron chi connectivity index (χ1n) is 8.47. The number of hydrogen-bond donors (Lipinski definition) is 1. The van der Waals surface area contributed by atoms with Crippen molar-refractivity contribution < 1.29 is 4.79 Å². The SMILES string of the molecule is NCCCN(Cc1ccccc1)C(=O)C1CC1c1cccc(Cl)c1.